The monoisotopic (exact) mass is 222 g/mol. The highest BCUT2D eigenvalue weighted by molar-refractivity contribution is 6.05. The Morgan fingerprint density at radius 3 is 3.06 bits per heavy atom. The maximum Gasteiger partial charge on any atom is 0.282 e. The van der Waals surface area contributed by atoms with Crippen LogP contribution in [0, 0.1) is 0 Å². The number of carbonyl (C=O) groups is 1. The molecule has 2 heterocycles. The summed E-state index contributed by atoms with van der Waals surface area (Å²) in [4.78, 5) is 11.7. The first-order chi connectivity index (χ1) is 7.72. The second-order valence-corrected chi connectivity index (χ2v) is 3.08. The predicted molar refractivity (Wildman–Crippen MR) is 54.6 cm³/mol. The summed E-state index contributed by atoms with van der Waals surface area (Å²) in [5.41, 5.74) is 6.23. The van der Waals surface area contributed by atoms with Crippen molar-refractivity contribution in [3.05, 3.63) is 17.5 Å². The number of aromatic nitrogens is 4. The van der Waals surface area contributed by atoms with Crippen molar-refractivity contribution >= 4 is 17.5 Å². The maximum atomic E-state index is 11.7. The topological polar surface area (TPSA) is 123 Å². The number of hydrogen-bond donors (Lipinski definition) is 3. The molecular weight excluding hydrogens is 212 g/mol. The van der Waals surface area contributed by atoms with E-state index in [0.717, 1.165) is 12.0 Å². The number of hydrogen-bond acceptors (Lipinski definition) is 6. The van der Waals surface area contributed by atoms with Crippen LogP contribution in [-0.4, -0.2) is 26.4 Å². The van der Waals surface area contributed by atoms with E-state index in [-0.39, 0.29) is 11.5 Å². The van der Waals surface area contributed by atoms with E-state index >= 15 is 0 Å². The third kappa shape index (κ3) is 1.72. The largest absolute Gasteiger partial charge is 0.379 e. The van der Waals surface area contributed by atoms with E-state index in [2.05, 4.69) is 30.5 Å². The Morgan fingerprint density at radius 2 is 2.44 bits per heavy atom. The van der Waals surface area contributed by atoms with Gasteiger partial charge in [-0.05, 0) is 16.7 Å². The Hall–Kier alpha value is -2.38. The molecule has 8 heteroatoms. The van der Waals surface area contributed by atoms with E-state index in [1.54, 1.807) is 6.20 Å². The Morgan fingerprint density at radius 1 is 1.62 bits per heavy atom. The molecular formula is C8H10N6O2. The van der Waals surface area contributed by atoms with Crippen LogP contribution in [0.25, 0.3) is 0 Å². The fourth-order valence-electron chi connectivity index (χ4n) is 1.21. The van der Waals surface area contributed by atoms with Gasteiger partial charge in [0.2, 0.25) is 11.5 Å². The molecule has 0 aromatic carbocycles. The van der Waals surface area contributed by atoms with Gasteiger partial charge < -0.3 is 11.1 Å². The molecule has 84 valence electrons. The lowest BCUT2D eigenvalue weighted by Gasteiger charge is -2.01. The SMILES string of the molecule is CCc1cn[nH]c1NC(=O)c1nonc1N. The summed E-state index contributed by atoms with van der Waals surface area (Å²) in [6.45, 7) is 1.95. The number of nitrogens with two attached hydrogens (primary N) is 1. The summed E-state index contributed by atoms with van der Waals surface area (Å²) in [6, 6.07) is 0. The molecule has 16 heavy (non-hydrogen) atoms. The molecule has 0 bridgehead atoms. The van der Waals surface area contributed by atoms with Crippen molar-refractivity contribution in [2.75, 3.05) is 11.1 Å². The first-order valence-electron chi connectivity index (χ1n) is 4.64. The van der Waals surface area contributed by atoms with Crippen LogP contribution >= 0.6 is 0 Å². The van der Waals surface area contributed by atoms with Crippen molar-refractivity contribution in [3.8, 4) is 0 Å². The second-order valence-electron chi connectivity index (χ2n) is 3.08. The van der Waals surface area contributed by atoms with Gasteiger partial charge in [0.1, 0.15) is 5.82 Å². The maximum absolute atomic E-state index is 11.7. The highest BCUT2D eigenvalue weighted by Gasteiger charge is 2.17. The van der Waals surface area contributed by atoms with Gasteiger partial charge in [0.25, 0.3) is 5.91 Å². The van der Waals surface area contributed by atoms with Crippen molar-refractivity contribution < 1.29 is 9.42 Å². The molecule has 0 atom stereocenters. The Labute approximate surface area is 90.2 Å². The van der Waals surface area contributed by atoms with E-state index in [1.165, 1.54) is 0 Å². The molecule has 8 nitrogen and oxygen atoms in total. The molecule has 0 aliphatic heterocycles. The molecule has 1 amide bonds. The zero-order valence-electron chi connectivity index (χ0n) is 8.52. The van der Waals surface area contributed by atoms with Crippen LogP contribution in [0.15, 0.2) is 10.8 Å². The van der Waals surface area contributed by atoms with Crippen molar-refractivity contribution in [1.82, 2.24) is 20.5 Å². The molecule has 0 radical (unpaired) electrons. The molecule has 0 aliphatic carbocycles. The van der Waals surface area contributed by atoms with E-state index in [1.807, 2.05) is 6.92 Å². The highest BCUT2D eigenvalue weighted by Crippen LogP contribution is 2.13. The molecule has 0 fully saturated rings. The summed E-state index contributed by atoms with van der Waals surface area (Å²) >= 11 is 0. The minimum Gasteiger partial charge on any atom is -0.379 e. The molecule has 0 saturated heterocycles. The van der Waals surface area contributed by atoms with Gasteiger partial charge >= 0.3 is 0 Å². The summed E-state index contributed by atoms with van der Waals surface area (Å²) < 4.78 is 4.33. The second kappa shape index (κ2) is 4.01. The van der Waals surface area contributed by atoms with Gasteiger partial charge in [-0.1, -0.05) is 6.92 Å². The van der Waals surface area contributed by atoms with Crippen LogP contribution in [0.5, 0.6) is 0 Å². The van der Waals surface area contributed by atoms with Crippen LogP contribution in [0.3, 0.4) is 0 Å². The summed E-state index contributed by atoms with van der Waals surface area (Å²) in [5, 5.41) is 15.8. The number of nitrogens with zero attached hydrogens (tertiary/aromatic N) is 3. The molecule has 0 spiro atoms. The number of amides is 1. The zero-order valence-corrected chi connectivity index (χ0v) is 8.52. The molecule has 2 aromatic heterocycles. The van der Waals surface area contributed by atoms with E-state index in [0.29, 0.717) is 5.82 Å². The predicted octanol–water partition coefficient (Wildman–Crippen LogP) is 0.190. The van der Waals surface area contributed by atoms with Crippen LogP contribution in [0.1, 0.15) is 23.0 Å². The van der Waals surface area contributed by atoms with E-state index in [9.17, 15) is 4.79 Å². The summed E-state index contributed by atoms with van der Waals surface area (Å²) in [5.74, 6) is -0.0114. The Bertz CT molecular complexity index is 502. The van der Waals surface area contributed by atoms with Gasteiger partial charge in [0.15, 0.2) is 0 Å². The van der Waals surface area contributed by atoms with E-state index < -0.39 is 5.91 Å². The molecule has 4 N–H and O–H groups in total. The number of carbonyl (C=O) groups excluding carboxylic acids is 1. The number of anilines is 2. The van der Waals surface area contributed by atoms with Gasteiger partial charge in [0.05, 0.1) is 6.20 Å². The zero-order chi connectivity index (χ0) is 11.5. The molecule has 2 aromatic rings. The van der Waals surface area contributed by atoms with Crippen molar-refractivity contribution in [1.29, 1.82) is 0 Å². The number of nitrogens with one attached hydrogen (secondary N) is 2. The lowest BCUT2D eigenvalue weighted by Crippen LogP contribution is -2.15. The lowest BCUT2D eigenvalue weighted by atomic mass is 10.2. The summed E-state index contributed by atoms with van der Waals surface area (Å²) in [7, 11) is 0. The summed E-state index contributed by atoms with van der Waals surface area (Å²) in [6.07, 6.45) is 2.39. The third-order valence-corrected chi connectivity index (χ3v) is 2.07. The fraction of sp³-hybridized carbons (Fsp3) is 0.250. The molecule has 0 unspecified atom stereocenters. The quantitative estimate of drug-likeness (QED) is 0.681. The molecule has 0 aliphatic rings. The number of nitrogen functional groups attached to an aromatic ring is 1. The van der Waals surface area contributed by atoms with Gasteiger partial charge in [-0.25, -0.2) is 4.63 Å². The van der Waals surface area contributed by atoms with Crippen LogP contribution in [0.2, 0.25) is 0 Å². The number of H-pyrrole nitrogens is 1. The standard InChI is InChI=1S/C8H10N6O2/c1-2-4-3-10-12-7(4)11-8(15)5-6(9)14-16-13-5/h3H,2H2,1H3,(H2,9,14)(H2,10,11,12,15). The van der Waals surface area contributed by atoms with Gasteiger partial charge in [-0.3, -0.25) is 9.89 Å². The van der Waals surface area contributed by atoms with Crippen LogP contribution in [0.4, 0.5) is 11.6 Å². The number of aryl methyl sites for hydroxylation is 1. The number of aromatic amines is 1. The average Bonchev–Trinajstić information content (AvgIpc) is 2.86. The van der Waals surface area contributed by atoms with Crippen molar-refractivity contribution in [3.63, 3.8) is 0 Å². The van der Waals surface area contributed by atoms with E-state index in [4.69, 9.17) is 5.73 Å². The van der Waals surface area contributed by atoms with Crippen LogP contribution < -0.4 is 11.1 Å². The Kier molecular flexibility index (Phi) is 2.54. The molecule has 0 saturated carbocycles. The van der Waals surface area contributed by atoms with Gasteiger partial charge in [-0.15, -0.1) is 0 Å². The smallest absolute Gasteiger partial charge is 0.282 e. The lowest BCUT2D eigenvalue weighted by molar-refractivity contribution is 0.101. The average molecular weight is 222 g/mol. The fourth-order valence-corrected chi connectivity index (χ4v) is 1.21. The van der Waals surface area contributed by atoms with Gasteiger partial charge in [0, 0.05) is 5.56 Å². The van der Waals surface area contributed by atoms with Crippen molar-refractivity contribution in [2.24, 2.45) is 0 Å². The minimum absolute atomic E-state index is 0.0448. The molecule has 2 rings (SSSR count). The first kappa shape index (κ1) is 10.1. The minimum atomic E-state index is -0.488. The third-order valence-electron chi connectivity index (χ3n) is 2.07. The van der Waals surface area contributed by atoms with Gasteiger partial charge in [-0.2, -0.15) is 5.10 Å². The highest BCUT2D eigenvalue weighted by atomic mass is 16.6. The number of rotatable bonds is 3. The van der Waals surface area contributed by atoms with Crippen molar-refractivity contribution in [2.45, 2.75) is 13.3 Å². The first-order valence-corrected chi connectivity index (χ1v) is 4.64. The Balaban J connectivity index is 2.17. The normalized spacial score (nSPS) is 10.3. The van der Waals surface area contributed by atoms with Crippen LogP contribution in [-0.2, 0) is 6.42 Å².